The van der Waals surface area contributed by atoms with Crippen molar-refractivity contribution < 1.29 is 9.47 Å². The SMILES string of the molecule is Cn1c(-c2ccc(Cl)cc2)nn(CN2CCN(Cc3ccc4c(c3)OCO4)CC2)c1=S. The summed E-state index contributed by atoms with van der Waals surface area (Å²) in [5.41, 5.74) is 2.25. The number of ether oxygens (including phenoxy) is 2. The molecule has 2 aliphatic rings. The molecule has 1 saturated heterocycles. The maximum Gasteiger partial charge on any atom is 0.231 e. The van der Waals surface area contributed by atoms with E-state index >= 15 is 0 Å². The van der Waals surface area contributed by atoms with Gasteiger partial charge in [-0.25, -0.2) is 4.68 Å². The minimum absolute atomic E-state index is 0.313. The minimum atomic E-state index is 0.313. The van der Waals surface area contributed by atoms with Crippen LogP contribution >= 0.6 is 23.8 Å². The highest BCUT2D eigenvalue weighted by Crippen LogP contribution is 2.32. The molecule has 0 radical (unpaired) electrons. The lowest BCUT2D eigenvalue weighted by molar-refractivity contribution is 0.0980. The summed E-state index contributed by atoms with van der Waals surface area (Å²) in [7, 11) is 1.96. The first kappa shape index (κ1) is 20.5. The van der Waals surface area contributed by atoms with Crippen LogP contribution in [0.4, 0.5) is 0 Å². The highest BCUT2D eigenvalue weighted by molar-refractivity contribution is 7.71. The summed E-state index contributed by atoms with van der Waals surface area (Å²) in [6, 6.07) is 13.9. The lowest BCUT2D eigenvalue weighted by Gasteiger charge is -2.34. The van der Waals surface area contributed by atoms with Crippen LogP contribution < -0.4 is 9.47 Å². The quantitative estimate of drug-likeness (QED) is 0.543. The topological polar surface area (TPSA) is 47.7 Å². The number of aromatic nitrogens is 3. The molecule has 0 unspecified atom stereocenters. The van der Waals surface area contributed by atoms with Gasteiger partial charge in [-0.15, -0.1) is 0 Å². The molecule has 0 N–H and O–H groups in total. The molecule has 1 aromatic heterocycles. The van der Waals surface area contributed by atoms with Gasteiger partial charge in [0.25, 0.3) is 0 Å². The Morgan fingerprint density at radius 1 is 0.968 bits per heavy atom. The van der Waals surface area contributed by atoms with Crippen molar-refractivity contribution in [2.75, 3.05) is 33.0 Å². The Hall–Kier alpha value is -2.39. The molecule has 0 aliphatic carbocycles. The Morgan fingerprint density at radius 2 is 1.68 bits per heavy atom. The molecule has 0 bridgehead atoms. The van der Waals surface area contributed by atoms with Gasteiger partial charge in [-0.1, -0.05) is 17.7 Å². The summed E-state index contributed by atoms with van der Waals surface area (Å²) in [5.74, 6) is 2.53. The van der Waals surface area contributed by atoms with E-state index in [1.54, 1.807) is 0 Å². The van der Waals surface area contributed by atoms with Crippen LogP contribution in [0.15, 0.2) is 42.5 Å². The van der Waals surface area contributed by atoms with E-state index in [4.69, 9.17) is 38.4 Å². The van der Waals surface area contributed by atoms with Crippen LogP contribution in [-0.2, 0) is 20.3 Å². The number of benzene rings is 2. The standard InChI is InChI=1S/C22H24ClN5O2S/c1-25-21(17-3-5-18(23)6-4-17)24-28(22(25)31)14-27-10-8-26(9-11-27)13-16-2-7-19-20(12-16)30-15-29-19/h2-7,12H,8-11,13-15H2,1H3. The first-order chi connectivity index (χ1) is 15.1. The average Bonchev–Trinajstić information content (AvgIpc) is 3.35. The van der Waals surface area contributed by atoms with Gasteiger partial charge >= 0.3 is 0 Å². The van der Waals surface area contributed by atoms with Gasteiger partial charge in [0, 0.05) is 50.4 Å². The van der Waals surface area contributed by atoms with E-state index in [-0.39, 0.29) is 0 Å². The third-order valence-corrected chi connectivity index (χ3v) is 6.52. The van der Waals surface area contributed by atoms with Crippen LogP contribution in [0.1, 0.15) is 5.56 Å². The molecule has 0 atom stereocenters. The van der Waals surface area contributed by atoms with Crippen molar-refractivity contribution in [1.29, 1.82) is 0 Å². The fraction of sp³-hybridized carbons (Fsp3) is 0.364. The summed E-state index contributed by atoms with van der Waals surface area (Å²) < 4.78 is 15.5. The van der Waals surface area contributed by atoms with E-state index in [1.165, 1.54) is 5.56 Å². The van der Waals surface area contributed by atoms with Gasteiger partial charge in [0.2, 0.25) is 6.79 Å². The lowest BCUT2D eigenvalue weighted by Crippen LogP contribution is -2.46. The van der Waals surface area contributed by atoms with Crippen molar-refractivity contribution >= 4 is 23.8 Å². The molecule has 2 aliphatic heterocycles. The Kier molecular flexibility index (Phi) is 5.71. The number of rotatable bonds is 5. The van der Waals surface area contributed by atoms with Crippen LogP contribution in [0, 0.1) is 4.77 Å². The summed E-state index contributed by atoms with van der Waals surface area (Å²) in [6.07, 6.45) is 0. The largest absolute Gasteiger partial charge is 0.454 e. The third kappa shape index (κ3) is 4.34. The van der Waals surface area contributed by atoms with E-state index < -0.39 is 0 Å². The number of fused-ring (bicyclic) bond motifs is 1. The van der Waals surface area contributed by atoms with Crippen molar-refractivity contribution in [2.45, 2.75) is 13.2 Å². The Bertz CT molecular complexity index is 1140. The summed E-state index contributed by atoms with van der Waals surface area (Å²) >= 11 is 11.7. The van der Waals surface area contributed by atoms with Crippen molar-refractivity contribution in [3.63, 3.8) is 0 Å². The van der Waals surface area contributed by atoms with E-state index in [9.17, 15) is 0 Å². The normalized spacial score (nSPS) is 16.7. The average molecular weight is 458 g/mol. The summed E-state index contributed by atoms with van der Waals surface area (Å²) in [5, 5.41) is 5.49. The maximum atomic E-state index is 6.02. The second-order valence-corrected chi connectivity index (χ2v) is 8.70. The minimum Gasteiger partial charge on any atom is -0.454 e. The van der Waals surface area contributed by atoms with E-state index in [2.05, 4.69) is 21.9 Å². The number of nitrogens with zero attached hydrogens (tertiary/aromatic N) is 5. The van der Waals surface area contributed by atoms with Crippen LogP contribution in [-0.4, -0.2) is 57.1 Å². The van der Waals surface area contributed by atoms with Crippen LogP contribution in [0.3, 0.4) is 0 Å². The Morgan fingerprint density at radius 3 is 2.45 bits per heavy atom. The number of halogens is 1. The van der Waals surface area contributed by atoms with Gasteiger partial charge in [0.1, 0.15) is 0 Å². The molecule has 0 saturated carbocycles. The third-order valence-electron chi connectivity index (χ3n) is 5.79. The maximum absolute atomic E-state index is 6.02. The van der Waals surface area contributed by atoms with Gasteiger partial charge < -0.3 is 14.0 Å². The molecule has 7 nitrogen and oxygen atoms in total. The fourth-order valence-corrected chi connectivity index (χ4v) is 4.32. The molecule has 2 aromatic carbocycles. The van der Waals surface area contributed by atoms with Crippen LogP contribution in [0.25, 0.3) is 11.4 Å². The predicted octanol–water partition coefficient (Wildman–Crippen LogP) is 3.78. The molecule has 9 heteroatoms. The molecule has 0 amide bonds. The molecule has 3 heterocycles. The van der Waals surface area contributed by atoms with Crippen molar-refractivity contribution in [3.05, 3.63) is 57.8 Å². The van der Waals surface area contributed by atoms with Gasteiger partial charge in [-0.2, -0.15) is 5.10 Å². The number of hydrogen-bond donors (Lipinski definition) is 0. The van der Waals surface area contributed by atoms with Gasteiger partial charge in [0.05, 0.1) is 6.67 Å². The first-order valence-electron chi connectivity index (χ1n) is 10.3. The highest BCUT2D eigenvalue weighted by Gasteiger charge is 2.20. The lowest BCUT2D eigenvalue weighted by atomic mass is 10.1. The zero-order chi connectivity index (χ0) is 21.4. The smallest absolute Gasteiger partial charge is 0.231 e. The summed E-state index contributed by atoms with van der Waals surface area (Å²) in [4.78, 5) is 4.86. The predicted molar refractivity (Wildman–Crippen MR) is 122 cm³/mol. The molecule has 5 rings (SSSR count). The van der Waals surface area contributed by atoms with E-state index in [1.807, 2.05) is 46.6 Å². The highest BCUT2D eigenvalue weighted by atomic mass is 35.5. The molecular weight excluding hydrogens is 434 g/mol. The van der Waals surface area contributed by atoms with E-state index in [0.29, 0.717) is 23.3 Å². The zero-order valence-corrected chi connectivity index (χ0v) is 18.9. The second kappa shape index (κ2) is 8.63. The molecule has 31 heavy (non-hydrogen) atoms. The monoisotopic (exact) mass is 457 g/mol. The Labute approximate surface area is 191 Å². The van der Waals surface area contributed by atoms with Crippen molar-refractivity contribution in [2.24, 2.45) is 7.05 Å². The van der Waals surface area contributed by atoms with Gasteiger partial charge in [0.15, 0.2) is 22.1 Å². The zero-order valence-electron chi connectivity index (χ0n) is 17.3. The molecule has 1 fully saturated rings. The number of piperazine rings is 1. The summed E-state index contributed by atoms with van der Waals surface area (Å²) in [6.45, 7) is 5.86. The van der Waals surface area contributed by atoms with Crippen molar-refractivity contribution in [1.82, 2.24) is 24.1 Å². The van der Waals surface area contributed by atoms with Crippen LogP contribution in [0.2, 0.25) is 5.02 Å². The first-order valence-corrected chi connectivity index (χ1v) is 11.1. The van der Waals surface area contributed by atoms with Crippen molar-refractivity contribution in [3.8, 4) is 22.9 Å². The molecular formula is C22H24ClN5O2S. The fourth-order valence-electron chi connectivity index (χ4n) is 4.01. The molecule has 0 spiro atoms. The Balaban J connectivity index is 1.20. The molecule has 3 aromatic rings. The van der Waals surface area contributed by atoms with Gasteiger partial charge in [-0.3, -0.25) is 9.80 Å². The van der Waals surface area contributed by atoms with Crippen LogP contribution in [0.5, 0.6) is 11.5 Å². The molecule has 162 valence electrons. The second-order valence-electron chi connectivity index (χ2n) is 7.89. The van der Waals surface area contributed by atoms with Gasteiger partial charge in [-0.05, 0) is 54.2 Å². The number of hydrogen-bond acceptors (Lipinski definition) is 6. The van der Waals surface area contributed by atoms with E-state index in [0.717, 1.165) is 55.6 Å².